The van der Waals surface area contributed by atoms with Crippen LogP contribution in [0, 0.1) is 9.39 Å². The van der Waals surface area contributed by atoms with Gasteiger partial charge in [-0.1, -0.05) is 11.6 Å². The Labute approximate surface area is 145 Å². The molecule has 0 unspecified atom stereocenters. The van der Waals surface area contributed by atoms with E-state index in [2.05, 4.69) is 26.8 Å². The van der Waals surface area contributed by atoms with Crippen LogP contribution >= 0.6 is 45.8 Å². The number of anilines is 1. The fraction of sp³-hybridized carbons (Fsp3) is 0.385. The Morgan fingerprint density at radius 3 is 2.52 bits per heavy atom. The van der Waals surface area contributed by atoms with Gasteiger partial charge in [-0.25, -0.2) is 9.37 Å². The number of hydrogen-bond donors (Lipinski definition) is 0. The van der Waals surface area contributed by atoms with E-state index in [-0.39, 0.29) is 10.8 Å². The van der Waals surface area contributed by atoms with Gasteiger partial charge in [0.1, 0.15) is 11.3 Å². The Hall–Kier alpha value is -0.440. The number of piperazine rings is 1. The Morgan fingerprint density at radius 2 is 1.86 bits per heavy atom. The van der Waals surface area contributed by atoms with Crippen LogP contribution in [0.25, 0.3) is 10.9 Å². The van der Waals surface area contributed by atoms with Gasteiger partial charge in [0.15, 0.2) is 5.82 Å². The van der Waals surface area contributed by atoms with E-state index in [0.29, 0.717) is 19.8 Å². The molecule has 1 aliphatic heterocycles. The quantitative estimate of drug-likeness (QED) is 0.386. The Kier molecular flexibility index (Phi) is 4.40. The molecule has 0 saturated carbocycles. The Balaban J connectivity index is 2.18. The minimum absolute atomic E-state index is 0.0495. The second kappa shape index (κ2) is 5.98. The van der Waals surface area contributed by atoms with Crippen molar-refractivity contribution in [1.82, 2.24) is 14.9 Å². The third-order valence-electron chi connectivity index (χ3n) is 3.58. The third kappa shape index (κ3) is 2.91. The largest absolute Gasteiger partial charge is 0.353 e. The molecule has 0 aliphatic carbocycles. The number of fused-ring (bicyclic) bond motifs is 1. The van der Waals surface area contributed by atoms with Crippen LogP contribution < -0.4 is 4.90 Å². The van der Waals surface area contributed by atoms with Crippen molar-refractivity contribution in [2.24, 2.45) is 0 Å². The topological polar surface area (TPSA) is 32.3 Å². The maximum atomic E-state index is 14.4. The van der Waals surface area contributed by atoms with Crippen molar-refractivity contribution in [2.45, 2.75) is 0 Å². The molecule has 112 valence electrons. The van der Waals surface area contributed by atoms with Gasteiger partial charge >= 0.3 is 0 Å². The van der Waals surface area contributed by atoms with Crippen LogP contribution in [0.2, 0.25) is 10.3 Å². The molecule has 1 aromatic heterocycles. The Morgan fingerprint density at radius 1 is 1.19 bits per heavy atom. The van der Waals surface area contributed by atoms with Crippen LogP contribution in [-0.2, 0) is 0 Å². The number of aromatic nitrogens is 2. The van der Waals surface area contributed by atoms with Crippen molar-refractivity contribution in [3.05, 3.63) is 25.8 Å². The van der Waals surface area contributed by atoms with E-state index < -0.39 is 5.82 Å². The van der Waals surface area contributed by atoms with Gasteiger partial charge in [-0.05, 0) is 47.3 Å². The summed E-state index contributed by atoms with van der Waals surface area (Å²) in [5.74, 6) is 0.202. The summed E-state index contributed by atoms with van der Waals surface area (Å²) in [4.78, 5) is 12.7. The normalized spacial score (nSPS) is 16.7. The lowest BCUT2D eigenvalue weighted by Gasteiger charge is -2.33. The average molecular weight is 441 g/mol. The van der Waals surface area contributed by atoms with Gasteiger partial charge in [0.25, 0.3) is 0 Å². The van der Waals surface area contributed by atoms with Gasteiger partial charge < -0.3 is 9.80 Å². The van der Waals surface area contributed by atoms with Gasteiger partial charge in [0.2, 0.25) is 5.28 Å². The summed E-state index contributed by atoms with van der Waals surface area (Å²) in [6, 6.07) is 1.71. The lowest BCUT2D eigenvalue weighted by atomic mass is 10.2. The molecule has 0 bridgehead atoms. The second-order valence-electron chi connectivity index (χ2n) is 4.99. The average Bonchev–Trinajstić information content (AvgIpc) is 2.46. The molecule has 2 aromatic rings. The van der Waals surface area contributed by atoms with E-state index in [4.69, 9.17) is 23.2 Å². The van der Waals surface area contributed by atoms with E-state index in [9.17, 15) is 4.39 Å². The molecule has 2 heterocycles. The molecule has 0 atom stereocenters. The highest BCUT2D eigenvalue weighted by atomic mass is 127. The lowest BCUT2D eigenvalue weighted by molar-refractivity contribution is 0.312. The summed E-state index contributed by atoms with van der Waals surface area (Å²) in [5.41, 5.74) is 0.220. The van der Waals surface area contributed by atoms with E-state index in [1.165, 1.54) is 0 Å². The number of benzene rings is 1. The number of nitrogens with zero attached hydrogens (tertiary/aromatic N) is 4. The zero-order valence-corrected chi connectivity index (χ0v) is 14.9. The molecule has 1 aromatic carbocycles. The molecule has 3 rings (SSSR count). The first-order valence-corrected chi connectivity index (χ1v) is 8.25. The number of halogens is 4. The van der Waals surface area contributed by atoms with Crippen molar-refractivity contribution < 1.29 is 4.39 Å². The highest BCUT2D eigenvalue weighted by Crippen LogP contribution is 2.33. The second-order valence-corrected chi connectivity index (χ2v) is 6.81. The van der Waals surface area contributed by atoms with Gasteiger partial charge in [0, 0.05) is 31.6 Å². The molecule has 1 saturated heterocycles. The van der Waals surface area contributed by atoms with Crippen molar-refractivity contribution in [2.75, 3.05) is 38.1 Å². The Bertz CT molecular complexity index is 704. The van der Waals surface area contributed by atoms with Crippen LogP contribution in [0.3, 0.4) is 0 Å². The van der Waals surface area contributed by atoms with E-state index in [0.717, 1.165) is 26.2 Å². The van der Waals surface area contributed by atoms with Crippen molar-refractivity contribution in [3.63, 3.8) is 0 Å². The van der Waals surface area contributed by atoms with Crippen molar-refractivity contribution >= 4 is 62.5 Å². The van der Waals surface area contributed by atoms with Crippen LogP contribution in [0.5, 0.6) is 0 Å². The van der Waals surface area contributed by atoms with Gasteiger partial charge in [0.05, 0.1) is 8.59 Å². The first kappa shape index (κ1) is 15.5. The number of likely N-dealkylation sites (N-methyl/N-ethyl adjacent to an activating group) is 1. The zero-order chi connectivity index (χ0) is 15.1. The lowest BCUT2D eigenvalue weighted by Crippen LogP contribution is -2.45. The molecule has 21 heavy (non-hydrogen) atoms. The summed E-state index contributed by atoms with van der Waals surface area (Å²) in [6.07, 6.45) is 0. The standard InChI is InChI=1S/C13H12Cl2FIN4/c1-20-2-4-21(5-3-20)12-7-6-8(14)10(17)9(16)11(7)18-13(15)19-12/h6H,2-5H2,1H3. The first-order chi connectivity index (χ1) is 9.97. The highest BCUT2D eigenvalue weighted by Gasteiger charge is 2.22. The van der Waals surface area contributed by atoms with Gasteiger partial charge in [-0.15, -0.1) is 0 Å². The predicted octanol–water partition coefficient (Wildman–Crippen LogP) is 3.43. The third-order valence-corrected chi connectivity index (χ3v) is 5.42. The monoisotopic (exact) mass is 440 g/mol. The molecule has 1 fully saturated rings. The van der Waals surface area contributed by atoms with Crippen LogP contribution in [0.1, 0.15) is 0 Å². The maximum Gasteiger partial charge on any atom is 0.225 e. The summed E-state index contributed by atoms with van der Waals surface area (Å²) in [6.45, 7) is 3.46. The fourth-order valence-corrected chi connectivity index (χ4v) is 3.16. The smallest absolute Gasteiger partial charge is 0.225 e. The summed E-state index contributed by atoms with van der Waals surface area (Å²) in [5, 5.41) is 1.02. The predicted molar refractivity (Wildman–Crippen MR) is 91.9 cm³/mol. The molecule has 0 spiro atoms. The summed E-state index contributed by atoms with van der Waals surface area (Å²) in [7, 11) is 2.07. The molecule has 1 aliphatic rings. The SMILES string of the molecule is CN1CCN(c2nc(Cl)nc3c(F)c(I)c(Cl)cc23)CC1. The minimum atomic E-state index is -0.447. The minimum Gasteiger partial charge on any atom is -0.353 e. The first-order valence-electron chi connectivity index (χ1n) is 6.41. The molecular formula is C13H12Cl2FIN4. The maximum absolute atomic E-state index is 14.4. The fourth-order valence-electron chi connectivity index (χ4n) is 2.39. The van der Waals surface area contributed by atoms with Gasteiger partial charge in [-0.3, -0.25) is 0 Å². The van der Waals surface area contributed by atoms with Crippen LogP contribution in [0.15, 0.2) is 6.07 Å². The van der Waals surface area contributed by atoms with E-state index in [1.54, 1.807) is 6.07 Å². The van der Waals surface area contributed by atoms with Crippen molar-refractivity contribution in [1.29, 1.82) is 0 Å². The van der Waals surface area contributed by atoms with Crippen LogP contribution in [-0.4, -0.2) is 48.1 Å². The van der Waals surface area contributed by atoms with Crippen LogP contribution in [0.4, 0.5) is 10.2 Å². The van der Waals surface area contributed by atoms with E-state index >= 15 is 0 Å². The van der Waals surface area contributed by atoms with Crippen molar-refractivity contribution in [3.8, 4) is 0 Å². The highest BCUT2D eigenvalue weighted by molar-refractivity contribution is 14.1. The zero-order valence-electron chi connectivity index (χ0n) is 11.2. The summed E-state index contributed by atoms with van der Waals surface area (Å²) >= 11 is 13.9. The molecule has 0 amide bonds. The summed E-state index contributed by atoms with van der Waals surface area (Å²) < 4.78 is 14.7. The number of rotatable bonds is 1. The molecule has 0 radical (unpaired) electrons. The molecule has 0 N–H and O–H groups in total. The van der Waals surface area contributed by atoms with Gasteiger partial charge in [-0.2, -0.15) is 4.98 Å². The number of hydrogen-bond acceptors (Lipinski definition) is 4. The van der Waals surface area contributed by atoms with E-state index in [1.807, 2.05) is 22.6 Å². The molecule has 8 heteroatoms. The molecular weight excluding hydrogens is 429 g/mol. The molecule has 4 nitrogen and oxygen atoms in total.